The first-order valence-electron chi connectivity index (χ1n) is 6.12. The van der Waals surface area contributed by atoms with Crippen LogP contribution in [0.3, 0.4) is 0 Å². The molecule has 7 heteroatoms. The molecule has 1 aromatic heterocycles. The second kappa shape index (κ2) is 5.75. The Bertz CT molecular complexity index is 540. The lowest BCUT2D eigenvalue weighted by Crippen LogP contribution is -2.43. The Kier molecular flexibility index (Phi) is 4.70. The molecule has 0 aliphatic carbocycles. The normalized spacial score (nSPS) is 12.9. The highest BCUT2D eigenvalue weighted by atomic mass is 35.5. The average Bonchev–Trinajstić information content (AvgIpc) is 2.34. The summed E-state index contributed by atoms with van der Waals surface area (Å²) in [7, 11) is 1.62. The number of hydrogen-bond acceptors (Lipinski definition) is 4. The van der Waals surface area contributed by atoms with E-state index >= 15 is 0 Å². The molecule has 0 radical (unpaired) electrons. The van der Waals surface area contributed by atoms with Gasteiger partial charge in [-0.15, -0.1) is 0 Å². The van der Waals surface area contributed by atoms with Crippen molar-refractivity contribution >= 4 is 23.2 Å². The number of hydrogen-bond donors (Lipinski definition) is 0. The van der Waals surface area contributed by atoms with E-state index in [1.165, 1.54) is 11.0 Å². The molecule has 0 N–H and O–H groups in total. The maximum absolute atomic E-state index is 12.4. The Morgan fingerprint density at radius 3 is 2.50 bits per heavy atom. The molecule has 110 valence electrons. The Morgan fingerprint density at radius 1 is 1.50 bits per heavy atom. The summed E-state index contributed by atoms with van der Waals surface area (Å²) in [6, 6.07) is 1.13. The molecule has 1 rings (SSSR count). The van der Waals surface area contributed by atoms with Gasteiger partial charge >= 0.3 is 0 Å². The number of pyridine rings is 1. The van der Waals surface area contributed by atoms with Crippen LogP contribution in [-0.2, 0) is 0 Å². The number of amides is 1. The van der Waals surface area contributed by atoms with Crippen molar-refractivity contribution in [3.63, 3.8) is 0 Å². The number of aromatic nitrogens is 1. The molecule has 20 heavy (non-hydrogen) atoms. The molecular weight excluding hydrogens is 282 g/mol. The zero-order valence-electron chi connectivity index (χ0n) is 12.2. The fraction of sp³-hybridized carbons (Fsp3) is 0.538. The van der Waals surface area contributed by atoms with Crippen LogP contribution >= 0.6 is 11.6 Å². The lowest BCUT2D eigenvalue weighted by atomic mass is 9.87. The number of halogens is 1. The summed E-state index contributed by atoms with van der Waals surface area (Å²) in [6.07, 6.45) is 1.01. The van der Waals surface area contributed by atoms with Crippen molar-refractivity contribution in [1.29, 1.82) is 0 Å². The number of rotatable bonds is 3. The molecule has 1 unspecified atom stereocenters. The van der Waals surface area contributed by atoms with E-state index in [0.717, 1.165) is 6.20 Å². The second-order valence-electron chi connectivity index (χ2n) is 5.74. The van der Waals surface area contributed by atoms with Gasteiger partial charge in [-0.25, -0.2) is 4.98 Å². The first-order chi connectivity index (χ1) is 9.05. The van der Waals surface area contributed by atoms with Crippen molar-refractivity contribution in [1.82, 2.24) is 9.88 Å². The van der Waals surface area contributed by atoms with E-state index in [0.29, 0.717) is 0 Å². The fourth-order valence-electron chi connectivity index (χ4n) is 1.69. The van der Waals surface area contributed by atoms with Crippen LogP contribution in [0.25, 0.3) is 0 Å². The summed E-state index contributed by atoms with van der Waals surface area (Å²) in [5.41, 5.74) is -0.531. The van der Waals surface area contributed by atoms with Gasteiger partial charge in [-0.1, -0.05) is 32.4 Å². The highest BCUT2D eigenvalue weighted by Crippen LogP contribution is 2.27. The second-order valence-corrected chi connectivity index (χ2v) is 6.13. The smallest absolute Gasteiger partial charge is 0.300 e. The van der Waals surface area contributed by atoms with Gasteiger partial charge in [0.1, 0.15) is 16.9 Å². The van der Waals surface area contributed by atoms with Crippen LogP contribution in [0.2, 0.25) is 5.15 Å². The van der Waals surface area contributed by atoms with Gasteiger partial charge in [0.05, 0.1) is 4.92 Å². The molecule has 1 amide bonds. The standard InChI is InChI=1S/C13H18ClN3O3/c1-8(13(2,3)4)16(5)12(18)9-6-11(14)15-7-10(9)17(19)20/h6-8H,1-5H3. The number of carbonyl (C=O) groups excluding carboxylic acids is 1. The molecule has 1 heterocycles. The summed E-state index contributed by atoms with van der Waals surface area (Å²) in [5, 5.41) is 11.0. The van der Waals surface area contributed by atoms with Crippen molar-refractivity contribution in [2.24, 2.45) is 5.41 Å². The summed E-state index contributed by atoms with van der Waals surface area (Å²) in [5.74, 6) is -0.441. The largest absolute Gasteiger partial charge is 0.338 e. The van der Waals surface area contributed by atoms with Crippen LogP contribution in [0.4, 0.5) is 5.69 Å². The number of nitro groups is 1. The number of nitrogens with zero attached hydrogens (tertiary/aromatic N) is 3. The van der Waals surface area contributed by atoms with Crippen LogP contribution in [0.15, 0.2) is 12.3 Å². The van der Waals surface area contributed by atoms with Gasteiger partial charge in [0.15, 0.2) is 0 Å². The molecule has 0 bridgehead atoms. The van der Waals surface area contributed by atoms with Crippen molar-refractivity contribution in [3.05, 3.63) is 33.1 Å². The van der Waals surface area contributed by atoms with Crippen LogP contribution in [0.5, 0.6) is 0 Å². The molecule has 0 aromatic carbocycles. The molecule has 0 aliphatic heterocycles. The van der Waals surface area contributed by atoms with Crippen molar-refractivity contribution in [3.8, 4) is 0 Å². The fourth-order valence-corrected chi connectivity index (χ4v) is 1.84. The Morgan fingerprint density at radius 2 is 2.05 bits per heavy atom. The van der Waals surface area contributed by atoms with E-state index in [-0.39, 0.29) is 27.9 Å². The van der Waals surface area contributed by atoms with Crippen LogP contribution < -0.4 is 0 Å². The molecule has 0 fully saturated rings. The summed E-state index contributed by atoms with van der Waals surface area (Å²) in [4.78, 5) is 27.9. The lowest BCUT2D eigenvalue weighted by molar-refractivity contribution is -0.385. The Balaban J connectivity index is 3.21. The highest BCUT2D eigenvalue weighted by Gasteiger charge is 2.31. The van der Waals surface area contributed by atoms with Gasteiger partial charge in [-0.3, -0.25) is 14.9 Å². The topological polar surface area (TPSA) is 76.3 Å². The minimum Gasteiger partial charge on any atom is -0.338 e. The molecule has 0 spiro atoms. The predicted molar refractivity (Wildman–Crippen MR) is 76.9 cm³/mol. The SMILES string of the molecule is CC(N(C)C(=O)c1cc(Cl)ncc1[N+](=O)[O-])C(C)(C)C. The van der Waals surface area contributed by atoms with Gasteiger partial charge in [0.25, 0.3) is 11.6 Å². The van der Waals surface area contributed by atoms with E-state index in [1.807, 2.05) is 27.7 Å². The van der Waals surface area contributed by atoms with E-state index in [9.17, 15) is 14.9 Å². The average molecular weight is 300 g/mol. The van der Waals surface area contributed by atoms with E-state index < -0.39 is 10.8 Å². The monoisotopic (exact) mass is 299 g/mol. The molecule has 1 atom stereocenters. The van der Waals surface area contributed by atoms with E-state index in [1.54, 1.807) is 7.05 Å². The third-order valence-corrected chi connectivity index (χ3v) is 3.64. The van der Waals surface area contributed by atoms with Gasteiger partial charge in [0, 0.05) is 13.1 Å². The number of carbonyl (C=O) groups is 1. The minimum atomic E-state index is -0.633. The molecule has 1 aromatic rings. The molecule has 0 saturated heterocycles. The Hall–Kier alpha value is -1.69. The molecular formula is C13H18ClN3O3. The zero-order chi connectivity index (χ0) is 15.7. The quantitative estimate of drug-likeness (QED) is 0.488. The van der Waals surface area contributed by atoms with Crippen LogP contribution in [-0.4, -0.2) is 33.8 Å². The maximum atomic E-state index is 12.4. The van der Waals surface area contributed by atoms with Gasteiger partial charge in [0.2, 0.25) is 0 Å². The maximum Gasteiger partial charge on any atom is 0.300 e. The molecule has 0 saturated carbocycles. The molecule has 6 nitrogen and oxygen atoms in total. The van der Waals surface area contributed by atoms with Gasteiger partial charge < -0.3 is 4.90 Å². The first kappa shape index (κ1) is 16.4. The van der Waals surface area contributed by atoms with Gasteiger partial charge in [-0.05, 0) is 18.4 Å². The third kappa shape index (κ3) is 3.45. The zero-order valence-corrected chi connectivity index (χ0v) is 12.9. The summed E-state index contributed by atoms with van der Waals surface area (Å²) >= 11 is 5.74. The van der Waals surface area contributed by atoms with Crippen molar-refractivity contribution < 1.29 is 9.72 Å². The van der Waals surface area contributed by atoms with Crippen LogP contribution in [0.1, 0.15) is 38.1 Å². The van der Waals surface area contributed by atoms with E-state index in [4.69, 9.17) is 11.6 Å². The minimum absolute atomic E-state index is 0.0476. The van der Waals surface area contributed by atoms with Gasteiger partial charge in [-0.2, -0.15) is 0 Å². The Labute approximate surface area is 122 Å². The first-order valence-corrected chi connectivity index (χ1v) is 6.50. The van der Waals surface area contributed by atoms with Crippen molar-refractivity contribution in [2.75, 3.05) is 7.05 Å². The molecule has 0 aliphatic rings. The predicted octanol–water partition coefficient (Wildman–Crippen LogP) is 3.15. The lowest BCUT2D eigenvalue weighted by Gasteiger charge is -2.35. The highest BCUT2D eigenvalue weighted by molar-refractivity contribution is 6.29. The third-order valence-electron chi connectivity index (χ3n) is 3.43. The van der Waals surface area contributed by atoms with E-state index in [2.05, 4.69) is 4.98 Å². The van der Waals surface area contributed by atoms with Crippen LogP contribution in [0, 0.1) is 15.5 Å². The van der Waals surface area contributed by atoms with Crippen molar-refractivity contribution in [2.45, 2.75) is 33.7 Å². The summed E-state index contributed by atoms with van der Waals surface area (Å²) < 4.78 is 0. The summed E-state index contributed by atoms with van der Waals surface area (Å²) in [6.45, 7) is 7.88.